The van der Waals surface area contributed by atoms with Gasteiger partial charge in [-0.3, -0.25) is 4.90 Å². The maximum absolute atomic E-state index is 4.37. The molecule has 3 rings (SSSR count). The quantitative estimate of drug-likeness (QED) is 0.904. The van der Waals surface area contributed by atoms with E-state index in [0.717, 1.165) is 49.8 Å². The van der Waals surface area contributed by atoms with Crippen molar-refractivity contribution in [1.82, 2.24) is 29.6 Å². The van der Waals surface area contributed by atoms with E-state index in [1.54, 1.807) is 10.8 Å². The zero-order valence-corrected chi connectivity index (χ0v) is 13.9. The standard InChI is InChI=1S/C15H25N7/c1-12-9-13(14-18-17-11-22(14)19-12)16-10-15(2,3)21-7-5-20(4)6-8-21/h9,11,16H,5-8,10H2,1-4H3. The molecule has 1 aliphatic rings. The summed E-state index contributed by atoms with van der Waals surface area (Å²) in [6.07, 6.45) is 1.64. The third kappa shape index (κ3) is 3.05. The first-order valence-corrected chi connectivity index (χ1v) is 7.81. The Hall–Kier alpha value is -1.73. The minimum atomic E-state index is 0.0927. The molecule has 0 atom stereocenters. The number of aryl methyl sites for hydroxylation is 1. The van der Waals surface area contributed by atoms with Crippen molar-refractivity contribution in [2.75, 3.05) is 45.1 Å². The molecule has 0 radical (unpaired) electrons. The Morgan fingerprint density at radius 3 is 2.68 bits per heavy atom. The maximum atomic E-state index is 4.37. The van der Waals surface area contributed by atoms with E-state index in [-0.39, 0.29) is 5.54 Å². The highest BCUT2D eigenvalue weighted by Gasteiger charge is 2.29. The number of nitrogens with zero attached hydrogens (tertiary/aromatic N) is 6. The highest BCUT2D eigenvalue weighted by molar-refractivity contribution is 5.66. The lowest BCUT2D eigenvalue weighted by Gasteiger charge is -2.43. The molecule has 2 aromatic rings. The van der Waals surface area contributed by atoms with Crippen molar-refractivity contribution >= 4 is 11.3 Å². The highest BCUT2D eigenvalue weighted by atomic mass is 15.4. The zero-order valence-electron chi connectivity index (χ0n) is 13.9. The van der Waals surface area contributed by atoms with Gasteiger partial charge in [0.1, 0.15) is 6.33 Å². The Morgan fingerprint density at radius 1 is 1.23 bits per heavy atom. The van der Waals surface area contributed by atoms with Gasteiger partial charge in [-0.1, -0.05) is 0 Å². The first-order chi connectivity index (χ1) is 10.5. The summed E-state index contributed by atoms with van der Waals surface area (Å²) in [5, 5.41) is 16.0. The molecule has 0 spiro atoms. The van der Waals surface area contributed by atoms with E-state index in [9.17, 15) is 0 Å². The summed E-state index contributed by atoms with van der Waals surface area (Å²) in [5.41, 5.74) is 2.81. The van der Waals surface area contributed by atoms with Crippen LogP contribution in [0.25, 0.3) is 5.65 Å². The van der Waals surface area contributed by atoms with E-state index in [0.29, 0.717) is 0 Å². The zero-order chi connectivity index (χ0) is 15.7. The third-order valence-electron chi connectivity index (χ3n) is 4.46. The van der Waals surface area contributed by atoms with Crippen LogP contribution in [0.2, 0.25) is 0 Å². The van der Waals surface area contributed by atoms with Gasteiger partial charge in [0.15, 0.2) is 0 Å². The Labute approximate surface area is 131 Å². The molecule has 0 saturated carbocycles. The third-order valence-corrected chi connectivity index (χ3v) is 4.46. The number of rotatable bonds is 4. The van der Waals surface area contributed by atoms with Gasteiger partial charge in [0.05, 0.1) is 11.4 Å². The van der Waals surface area contributed by atoms with Crippen molar-refractivity contribution < 1.29 is 0 Å². The van der Waals surface area contributed by atoms with Crippen LogP contribution in [0.4, 0.5) is 5.69 Å². The summed E-state index contributed by atoms with van der Waals surface area (Å²) in [5.74, 6) is 0. The van der Waals surface area contributed by atoms with E-state index in [1.165, 1.54) is 0 Å². The maximum Gasteiger partial charge on any atom is 0.200 e. The number of nitrogens with one attached hydrogen (secondary N) is 1. The van der Waals surface area contributed by atoms with Crippen LogP contribution in [0.3, 0.4) is 0 Å². The number of fused-ring (bicyclic) bond motifs is 1. The van der Waals surface area contributed by atoms with Crippen LogP contribution in [0, 0.1) is 6.92 Å². The number of anilines is 1. The van der Waals surface area contributed by atoms with Crippen molar-refractivity contribution in [1.29, 1.82) is 0 Å². The molecule has 1 fully saturated rings. The fourth-order valence-corrected chi connectivity index (χ4v) is 2.92. The molecule has 0 unspecified atom stereocenters. The topological polar surface area (TPSA) is 61.6 Å². The first-order valence-electron chi connectivity index (χ1n) is 7.81. The lowest BCUT2D eigenvalue weighted by molar-refractivity contribution is 0.0699. The molecule has 1 saturated heterocycles. The SMILES string of the molecule is Cc1cc(NCC(C)(C)N2CCN(C)CC2)c2nncn2n1. The van der Waals surface area contributed by atoms with Gasteiger partial charge < -0.3 is 10.2 Å². The number of hydrogen-bond acceptors (Lipinski definition) is 6. The lowest BCUT2D eigenvalue weighted by Crippen LogP contribution is -2.56. The Kier molecular flexibility index (Phi) is 4.01. The fourth-order valence-electron chi connectivity index (χ4n) is 2.92. The van der Waals surface area contributed by atoms with Crippen LogP contribution >= 0.6 is 0 Å². The van der Waals surface area contributed by atoms with Gasteiger partial charge in [0, 0.05) is 38.3 Å². The molecule has 2 aromatic heterocycles. The molecule has 1 N–H and O–H groups in total. The minimum absolute atomic E-state index is 0.0927. The summed E-state index contributed by atoms with van der Waals surface area (Å²) in [6, 6.07) is 2.03. The average Bonchev–Trinajstić information content (AvgIpc) is 2.93. The number of likely N-dealkylation sites (N-methyl/N-ethyl adjacent to an activating group) is 1. The second-order valence-electron chi connectivity index (χ2n) is 6.75. The van der Waals surface area contributed by atoms with Crippen LogP contribution in [0.1, 0.15) is 19.5 Å². The fraction of sp³-hybridized carbons (Fsp3) is 0.667. The van der Waals surface area contributed by atoms with Crippen molar-refractivity contribution in [3.8, 4) is 0 Å². The second kappa shape index (κ2) is 5.81. The summed E-state index contributed by atoms with van der Waals surface area (Å²) < 4.78 is 1.72. The van der Waals surface area contributed by atoms with E-state index in [4.69, 9.17) is 0 Å². The van der Waals surface area contributed by atoms with Crippen molar-refractivity contribution in [3.63, 3.8) is 0 Å². The molecular formula is C15H25N7. The van der Waals surface area contributed by atoms with E-state index in [2.05, 4.69) is 51.3 Å². The van der Waals surface area contributed by atoms with Gasteiger partial charge in [0.25, 0.3) is 0 Å². The summed E-state index contributed by atoms with van der Waals surface area (Å²) >= 11 is 0. The molecule has 3 heterocycles. The molecule has 0 bridgehead atoms. The molecule has 7 heteroatoms. The number of piperazine rings is 1. The number of aromatic nitrogens is 4. The molecule has 1 aliphatic heterocycles. The van der Waals surface area contributed by atoms with Crippen molar-refractivity contribution in [3.05, 3.63) is 18.1 Å². The lowest BCUT2D eigenvalue weighted by atomic mass is 10.0. The average molecular weight is 303 g/mol. The van der Waals surface area contributed by atoms with Gasteiger partial charge in [-0.25, -0.2) is 0 Å². The molecule has 0 aromatic carbocycles. The molecule has 7 nitrogen and oxygen atoms in total. The predicted molar refractivity (Wildman–Crippen MR) is 87.2 cm³/mol. The molecule has 0 aliphatic carbocycles. The normalized spacial score (nSPS) is 18.0. The minimum Gasteiger partial charge on any atom is -0.380 e. The number of hydrogen-bond donors (Lipinski definition) is 1. The second-order valence-corrected chi connectivity index (χ2v) is 6.75. The largest absolute Gasteiger partial charge is 0.380 e. The van der Waals surface area contributed by atoms with Crippen LogP contribution < -0.4 is 5.32 Å². The van der Waals surface area contributed by atoms with Crippen molar-refractivity contribution in [2.45, 2.75) is 26.3 Å². The van der Waals surface area contributed by atoms with Gasteiger partial charge >= 0.3 is 0 Å². The van der Waals surface area contributed by atoms with Crippen LogP contribution in [-0.2, 0) is 0 Å². The Balaban J connectivity index is 1.71. The summed E-state index contributed by atoms with van der Waals surface area (Å²) in [6.45, 7) is 11.9. The first kappa shape index (κ1) is 15.2. The smallest absolute Gasteiger partial charge is 0.200 e. The molecule has 22 heavy (non-hydrogen) atoms. The summed E-state index contributed by atoms with van der Waals surface area (Å²) in [4.78, 5) is 4.93. The highest BCUT2D eigenvalue weighted by Crippen LogP contribution is 2.20. The van der Waals surface area contributed by atoms with E-state index < -0.39 is 0 Å². The van der Waals surface area contributed by atoms with E-state index >= 15 is 0 Å². The molecule has 120 valence electrons. The molecule has 0 amide bonds. The van der Waals surface area contributed by atoms with Gasteiger partial charge in [-0.2, -0.15) is 9.61 Å². The Bertz CT molecular complexity index is 640. The van der Waals surface area contributed by atoms with Gasteiger partial charge in [-0.15, -0.1) is 10.2 Å². The van der Waals surface area contributed by atoms with E-state index in [1.807, 2.05) is 13.0 Å². The Morgan fingerprint density at radius 2 is 1.95 bits per heavy atom. The monoisotopic (exact) mass is 303 g/mol. The van der Waals surface area contributed by atoms with Crippen molar-refractivity contribution in [2.24, 2.45) is 0 Å². The van der Waals surface area contributed by atoms with Gasteiger partial charge in [0.2, 0.25) is 5.65 Å². The molecular weight excluding hydrogens is 278 g/mol. The predicted octanol–water partition coefficient (Wildman–Crippen LogP) is 0.871. The van der Waals surface area contributed by atoms with Gasteiger partial charge in [-0.05, 0) is 33.9 Å². The van der Waals surface area contributed by atoms with Crippen LogP contribution in [-0.4, -0.2) is 74.9 Å². The summed E-state index contributed by atoms with van der Waals surface area (Å²) in [7, 11) is 2.18. The van der Waals surface area contributed by atoms with Crippen LogP contribution in [0.5, 0.6) is 0 Å². The van der Waals surface area contributed by atoms with Crippen LogP contribution in [0.15, 0.2) is 12.4 Å².